The van der Waals surface area contributed by atoms with E-state index in [2.05, 4.69) is 0 Å². The van der Waals surface area contributed by atoms with Gasteiger partial charge in [0.1, 0.15) is 11.8 Å². The SMILES string of the molecule is NC(CCN1CCC(O)(Cc2ccccc2)C(F)C1)C(=O)c1ccccc1. The Kier molecular flexibility index (Phi) is 6.37. The molecule has 27 heavy (non-hydrogen) atoms. The molecule has 1 aliphatic heterocycles. The molecule has 0 aliphatic carbocycles. The number of nitrogens with zero attached hydrogens (tertiary/aromatic N) is 1. The summed E-state index contributed by atoms with van der Waals surface area (Å²) < 4.78 is 14.7. The standard InChI is InChI=1S/C22H27FN2O2/c23-20-16-25(13-11-19(24)21(26)18-9-5-2-6-10-18)14-12-22(20,27)15-17-7-3-1-4-8-17/h1-10,19-20,27H,11-16,24H2. The Hall–Kier alpha value is -2.08. The highest BCUT2D eigenvalue weighted by molar-refractivity contribution is 5.99. The molecule has 3 atom stereocenters. The summed E-state index contributed by atoms with van der Waals surface area (Å²) in [4.78, 5) is 14.3. The van der Waals surface area contributed by atoms with Gasteiger partial charge in [-0.25, -0.2) is 4.39 Å². The fourth-order valence-corrected chi connectivity index (χ4v) is 3.62. The maximum Gasteiger partial charge on any atom is 0.179 e. The second kappa shape index (κ2) is 8.74. The van der Waals surface area contributed by atoms with Crippen molar-refractivity contribution in [1.82, 2.24) is 4.90 Å². The second-order valence-corrected chi connectivity index (χ2v) is 7.41. The quantitative estimate of drug-likeness (QED) is 0.736. The molecule has 0 spiro atoms. The van der Waals surface area contributed by atoms with Crippen LogP contribution in [0.1, 0.15) is 28.8 Å². The fraction of sp³-hybridized carbons (Fsp3) is 0.409. The molecule has 2 aromatic rings. The van der Waals surface area contributed by atoms with Crippen molar-refractivity contribution >= 4 is 5.78 Å². The van der Waals surface area contributed by atoms with Gasteiger partial charge >= 0.3 is 0 Å². The van der Waals surface area contributed by atoms with Crippen molar-refractivity contribution in [2.24, 2.45) is 5.73 Å². The average molecular weight is 370 g/mol. The molecule has 3 N–H and O–H groups in total. The number of aliphatic hydroxyl groups is 1. The molecular formula is C22H27FN2O2. The van der Waals surface area contributed by atoms with Crippen molar-refractivity contribution in [3.63, 3.8) is 0 Å². The van der Waals surface area contributed by atoms with Crippen LogP contribution in [0.3, 0.4) is 0 Å². The Bertz CT molecular complexity index is 740. The number of rotatable bonds is 7. The lowest BCUT2D eigenvalue weighted by molar-refractivity contribution is -0.0840. The Labute approximate surface area is 159 Å². The summed E-state index contributed by atoms with van der Waals surface area (Å²) in [6.07, 6.45) is -0.176. The normalized spacial score (nSPS) is 24.5. The van der Waals surface area contributed by atoms with Crippen molar-refractivity contribution < 1.29 is 14.3 Å². The van der Waals surface area contributed by atoms with Crippen molar-refractivity contribution in [3.05, 3.63) is 71.8 Å². The van der Waals surface area contributed by atoms with Gasteiger partial charge in [-0.3, -0.25) is 4.79 Å². The summed E-state index contributed by atoms with van der Waals surface area (Å²) in [6.45, 7) is 1.30. The fourth-order valence-electron chi connectivity index (χ4n) is 3.62. The third kappa shape index (κ3) is 5.01. The van der Waals surface area contributed by atoms with E-state index in [1.807, 2.05) is 53.4 Å². The third-order valence-electron chi connectivity index (χ3n) is 5.37. The number of alkyl halides is 1. The number of benzene rings is 2. The minimum absolute atomic E-state index is 0.0926. The first kappa shape index (κ1) is 19.7. The molecule has 4 nitrogen and oxygen atoms in total. The lowest BCUT2D eigenvalue weighted by atomic mass is 9.83. The molecule has 3 rings (SSSR count). The molecule has 1 aliphatic rings. The zero-order chi connectivity index (χ0) is 19.3. The van der Waals surface area contributed by atoms with Crippen molar-refractivity contribution in [3.8, 4) is 0 Å². The summed E-state index contributed by atoms with van der Waals surface area (Å²) in [5, 5.41) is 10.7. The van der Waals surface area contributed by atoms with E-state index in [-0.39, 0.29) is 12.3 Å². The molecule has 144 valence electrons. The maximum atomic E-state index is 14.7. The molecule has 3 unspecified atom stereocenters. The largest absolute Gasteiger partial charge is 0.386 e. The summed E-state index contributed by atoms with van der Waals surface area (Å²) >= 11 is 0. The van der Waals surface area contributed by atoms with E-state index >= 15 is 0 Å². The number of nitrogens with two attached hydrogens (primary N) is 1. The van der Waals surface area contributed by atoms with E-state index in [0.29, 0.717) is 37.9 Å². The van der Waals surface area contributed by atoms with Gasteiger partial charge in [0, 0.05) is 31.6 Å². The van der Waals surface area contributed by atoms with E-state index < -0.39 is 17.8 Å². The molecule has 1 heterocycles. The van der Waals surface area contributed by atoms with Crippen LogP contribution in [0.15, 0.2) is 60.7 Å². The second-order valence-electron chi connectivity index (χ2n) is 7.41. The predicted octanol–water partition coefficient (Wildman–Crippen LogP) is 2.60. The van der Waals surface area contributed by atoms with E-state index in [4.69, 9.17) is 5.73 Å². The molecule has 0 radical (unpaired) electrons. The molecule has 2 aromatic carbocycles. The molecule has 1 saturated heterocycles. The Morgan fingerprint density at radius 3 is 2.44 bits per heavy atom. The van der Waals surface area contributed by atoms with E-state index in [1.54, 1.807) is 12.1 Å². The Morgan fingerprint density at radius 2 is 1.81 bits per heavy atom. The number of carbonyl (C=O) groups excluding carboxylic acids is 1. The topological polar surface area (TPSA) is 66.6 Å². The minimum atomic E-state index is -1.33. The maximum absolute atomic E-state index is 14.7. The summed E-state index contributed by atoms with van der Waals surface area (Å²) in [7, 11) is 0. The van der Waals surface area contributed by atoms with Gasteiger partial charge in [0.2, 0.25) is 0 Å². The zero-order valence-corrected chi connectivity index (χ0v) is 15.4. The van der Waals surface area contributed by atoms with Gasteiger partial charge in [-0.05, 0) is 18.4 Å². The number of hydrogen-bond donors (Lipinski definition) is 2. The number of piperidine rings is 1. The van der Waals surface area contributed by atoms with Gasteiger partial charge in [-0.15, -0.1) is 0 Å². The molecule has 0 amide bonds. The van der Waals surface area contributed by atoms with Crippen LogP contribution in [0, 0.1) is 0 Å². The van der Waals surface area contributed by atoms with Gasteiger partial charge in [0.15, 0.2) is 5.78 Å². The highest BCUT2D eigenvalue weighted by Gasteiger charge is 2.41. The summed E-state index contributed by atoms with van der Waals surface area (Å²) in [5.41, 5.74) is 6.24. The minimum Gasteiger partial charge on any atom is -0.386 e. The number of ketones is 1. The molecule has 0 aromatic heterocycles. The Morgan fingerprint density at radius 1 is 1.19 bits per heavy atom. The van der Waals surface area contributed by atoms with Crippen LogP contribution in [0.2, 0.25) is 0 Å². The van der Waals surface area contributed by atoms with Crippen LogP contribution in [0.4, 0.5) is 4.39 Å². The van der Waals surface area contributed by atoms with Crippen LogP contribution >= 0.6 is 0 Å². The monoisotopic (exact) mass is 370 g/mol. The lowest BCUT2D eigenvalue weighted by Crippen LogP contribution is -2.55. The van der Waals surface area contributed by atoms with Crippen LogP contribution in [-0.4, -0.2) is 53.2 Å². The lowest BCUT2D eigenvalue weighted by Gasteiger charge is -2.41. The van der Waals surface area contributed by atoms with Crippen molar-refractivity contribution in [2.45, 2.75) is 37.1 Å². The molecule has 0 bridgehead atoms. The van der Waals surface area contributed by atoms with E-state index in [0.717, 1.165) is 5.56 Å². The van der Waals surface area contributed by atoms with Gasteiger partial charge in [0.05, 0.1) is 6.04 Å². The highest BCUT2D eigenvalue weighted by atomic mass is 19.1. The smallest absolute Gasteiger partial charge is 0.179 e. The predicted molar refractivity (Wildman–Crippen MR) is 104 cm³/mol. The van der Waals surface area contributed by atoms with Gasteiger partial charge in [-0.1, -0.05) is 60.7 Å². The van der Waals surface area contributed by atoms with Crippen LogP contribution < -0.4 is 5.73 Å². The number of Topliss-reactive ketones (excluding diaryl/α,β-unsaturated/α-hetero) is 1. The molecule has 1 fully saturated rings. The highest BCUT2D eigenvalue weighted by Crippen LogP contribution is 2.29. The van der Waals surface area contributed by atoms with E-state index in [9.17, 15) is 14.3 Å². The number of halogens is 1. The van der Waals surface area contributed by atoms with Gasteiger partial charge < -0.3 is 15.7 Å². The summed E-state index contributed by atoms with van der Waals surface area (Å²) in [6, 6.07) is 17.9. The van der Waals surface area contributed by atoms with Crippen molar-refractivity contribution in [1.29, 1.82) is 0 Å². The molecule has 0 saturated carbocycles. The number of carbonyl (C=O) groups is 1. The van der Waals surface area contributed by atoms with Crippen LogP contribution in [0.25, 0.3) is 0 Å². The van der Waals surface area contributed by atoms with E-state index in [1.165, 1.54) is 0 Å². The van der Waals surface area contributed by atoms with Crippen LogP contribution in [0.5, 0.6) is 0 Å². The average Bonchev–Trinajstić information content (AvgIpc) is 2.69. The zero-order valence-electron chi connectivity index (χ0n) is 15.4. The molecular weight excluding hydrogens is 343 g/mol. The van der Waals surface area contributed by atoms with Crippen molar-refractivity contribution in [2.75, 3.05) is 19.6 Å². The van der Waals surface area contributed by atoms with Gasteiger partial charge in [-0.2, -0.15) is 0 Å². The number of hydrogen-bond acceptors (Lipinski definition) is 4. The first-order valence-corrected chi connectivity index (χ1v) is 9.45. The van der Waals surface area contributed by atoms with Crippen LogP contribution in [-0.2, 0) is 6.42 Å². The third-order valence-corrected chi connectivity index (χ3v) is 5.37. The first-order chi connectivity index (χ1) is 13.0. The first-order valence-electron chi connectivity index (χ1n) is 9.45. The van der Waals surface area contributed by atoms with Gasteiger partial charge in [0.25, 0.3) is 0 Å². The molecule has 5 heteroatoms. The Balaban J connectivity index is 1.50. The summed E-state index contributed by atoms with van der Waals surface area (Å²) in [5.74, 6) is -0.0926. The number of likely N-dealkylation sites (tertiary alicyclic amines) is 1.